The lowest BCUT2D eigenvalue weighted by molar-refractivity contribution is 0.102. The Labute approximate surface area is 120 Å². The Morgan fingerprint density at radius 3 is 2.95 bits per heavy atom. The van der Waals surface area contributed by atoms with Crippen LogP contribution in [0.2, 0.25) is 0 Å². The Bertz CT molecular complexity index is 764. The van der Waals surface area contributed by atoms with Gasteiger partial charge in [-0.2, -0.15) is 0 Å². The molecule has 0 aliphatic carbocycles. The number of benzene rings is 1. The summed E-state index contributed by atoms with van der Waals surface area (Å²) in [6, 6.07) is 5.32. The summed E-state index contributed by atoms with van der Waals surface area (Å²) in [5.41, 5.74) is 1.88. The fourth-order valence-corrected chi connectivity index (χ4v) is 1.63. The van der Waals surface area contributed by atoms with Crippen LogP contribution in [-0.4, -0.2) is 27.6 Å². The van der Waals surface area contributed by atoms with Gasteiger partial charge in [0.25, 0.3) is 11.5 Å². The zero-order chi connectivity index (χ0) is 15.2. The number of aliphatic hydroxyl groups excluding tert-OH is 1. The van der Waals surface area contributed by atoms with Gasteiger partial charge < -0.3 is 15.4 Å². The number of amides is 1. The van der Waals surface area contributed by atoms with Crippen LogP contribution in [0.5, 0.6) is 0 Å². The summed E-state index contributed by atoms with van der Waals surface area (Å²) in [6.45, 7) is 1.62. The number of aromatic amines is 1. The summed E-state index contributed by atoms with van der Waals surface area (Å²) in [5, 5.41) is 11.4. The van der Waals surface area contributed by atoms with Crippen LogP contribution in [0.25, 0.3) is 0 Å². The van der Waals surface area contributed by atoms with Gasteiger partial charge in [-0.1, -0.05) is 17.9 Å². The number of aryl methyl sites for hydroxylation is 1. The molecule has 1 heterocycles. The normalized spacial score (nSPS) is 9.62. The first kappa shape index (κ1) is 14.5. The summed E-state index contributed by atoms with van der Waals surface area (Å²) in [5.74, 6) is 4.88. The molecule has 0 saturated carbocycles. The van der Waals surface area contributed by atoms with Gasteiger partial charge >= 0.3 is 0 Å². The second-order valence-electron chi connectivity index (χ2n) is 4.24. The molecule has 0 aliphatic heterocycles. The number of hydrogen-bond acceptors (Lipinski definition) is 4. The molecule has 2 rings (SSSR count). The number of carbonyl (C=O) groups excluding carboxylic acids is 1. The molecule has 1 aromatic heterocycles. The fourth-order valence-electron chi connectivity index (χ4n) is 1.63. The Balaban J connectivity index is 2.24. The van der Waals surface area contributed by atoms with E-state index in [1.54, 1.807) is 12.1 Å². The number of aliphatic hydroxyl groups is 1. The largest absolute Gasteiger partial charge is 0.384 e. The standard InChI is InChI=1S/C15H13N3O3/c1-10-4-5-11(3-2-6-19)7-12(10)18-15(21)13-8-17-14(20)9-16-13/h4-5,7-9,19H,6H2,1H3,(H,17,20)(H,18,21). The molecular weight excluding hydrogens is 270 g/mol. The molecule has 0 fully saturated rings. The summed E-state index contributed by atoms with van der Waals surface area (Å²) < 4.78 is 0. The zero-order valence-corrected chi connectivity index (χ0v) is 11.3. The van der Waals surface area contributed by atoms with E-state index in [4.69, 9.17) is 5.11 Å². The van der Waals surface area contributed by atoms with Crippen LogP contribution in [-0.2, 0) is 0 Å². The quantitative estimate of drug-likeness (QED) is 0.706. The van der Waals surface area contributed by atoms with E-state index in [1.165, 1.54) is 6.20 Å². The molecule has 1 aromatic carbocycles. The van der Waals surface area contributed by atoms with E-state index < -0.39 is 5.91 Å². The van der Waals surface area contributed by atoms with E-state index in [0.29, 0.717) is 11.3 Å². The smallest absolute Gasteiger partial charge is 0.275 e. The monoisotopic (exact) mass is 283 g/mol. The van der Waals surface area contributed by atoms with Crippen molar-refractivity contribution in [1.29, 1.82) is 0 Å². The van der Waals surface area contributed by atoms with Crippen molar-refractivity contribution in [3.05, 3.63) is 57.8 Å². The van der Waals surface area contributed by atoms with Gasteiger partial charge in [0, 0.05) is 17.4 Å². The van der Waals surface area contributed by atoms with E-state index in [0.717, 1.165) is 11.8 Å². The second-order valence-corrected chi connectivity index (χ2v) is 4.24. The number of rotatable bonds is 2. The Kier molecular flexibility index (Phi) is 4.49. The SMILES string of the molecule is Cc1ccc(C#CCO)cc1NC(=O)c1c[nH]c(=O)cn1. The maximum absolute atomic E-state index is 12.0. The molecule has 106 valence electrons. The van der Waals surface area contributed by atoms with E-state index in [9.17, 15) is 9.59 Å². The van der Waals surface area contributed by atoms with Crippen molar-refractivity contribution in [2.45, 2.75) is 6.92 Å². The average Bonchev–Trinajstić information content (AvgIpc) is 2.48. The van der Waals surface area contributed by atoms with Crippen LogP contribution in [0.3, 0.4) is 0 Å². The van der Waals surface area contributed by atoms with Gasteiger partial charge in [-0.3, -0.25) is 9.59 Å². The van der Waals surface area contributed by atoms with Crippen LogP contribution in [0.15, 0.2) is 35.4 Å². The summed E-state index contributed by atoms with van der Waals surface area (Å²) >= 11 is 0. The Morgan fingerprint density at radius 1 is 1.48 bits per heavy atom. The molecule has 0 saturated heterocycles. The van der Waals surface area contributed by atoms with Gasteiger partial charge in [0.2, 0.25) is 0 Å². The number of H-pyrrole nitrogens is 1. The van der Waals surface area contributed by atoms with Crippen molar-refractivity contribution in [3.63, 3.8) is 0 Å². The molecule has 0 bridgehead atoms. The van der Waals surface area contributed by atoms with Crippen molar-refractivity contribution in [2.75, 3.05) is 11.9 Å². The highest BCUT2D eigenvalue weighted by atomic mass is 16.2. The molecule has 6 nitrogen and oxygen atoms in total. The van der Waals surface area contributed by atoms with Crippen molar-refractivity contribution in [2.24, 2.45) is 0 Å². The zero-order valence-electron chi connectivity index (χ0n) is 11.3. The van der Waals surface area contributed by atoms with Gasteiger partial charge in [0.1, 0.15) is 12.3 Å². The van der Waals surface area contributed by atoms with Gasteiger partial charge in [-0.15, -0.1) is 0 Å². The van der Waals surface area contributed by atoms with E-state index in [1.807, 2.05) is 13.0 Å². The molecule has 2 aromatic rings. The average molecular weight is 283 g/mol. The van der Waals surface area contributed by atoms with E-state index in [-0.39, 0.29) is 17.9 Å². The minimum atomic E-state index is -0.429. The molecule has 0 atom stereocenters. The minimum absolute atomic E-state index is 0.112. The first-order valence-electron chi connectivity index (χ1n) is 6.16. The third-order valence-electron chi connectivity index (χ3n) is 2.70. The number of carbonyl (C=O) groups is 1. The molecule has 6 heteroatoms. The van der Waals surface area contributed by atoms with E-state index in [2.05, 4.69) is 27.1 Å². The molecular formula is C15H13N3O3. The first-order chi connectivity index (χ1) is 10.1. The molecule has 0 radical (unpaired) electrons. The van der Waals surface area contributed by atoms with Crippen molar-refractivity contribution < 1.29 is 9.90 Å². The number of nitrogens with zero attached hydrogens (tertiary/aromatic N) is 1. The maximum atomic E-state index is 12.0. The fraction of sp³-hybridized carbons (Fsp3) is 0.133. The molecule has 0 unspecified atom stereocenters. The maximum Gasteiger partial charge on any atom is 0.275 e. The molecule has 3 N–H and O–H groups in total. The predicted molar refractivity (Wildman–Crippen MR) is 78.0 cm³/mol. The molecule has 21 heavy (non-hydrogen) atoms. The third kappa shape index (κ3) is 3.78. The highest BCUT2D eigenvalue weighted by Crippen LogP contribution is 2.17. The molecule has 0 spiro atoms. The Morgan fingerprint density at radius 2 is 2.29 bits per heavy atom. The lowest BCUT2D eigenvalue weighted by Gasteiger charge is -2.08. The van der Waals surface area contributed by atoms with Crippen LogP contribution < -0.4 is 10.9 Å². The third-order valence-corrected chi connectivity index (χ3v) is 2.70. The van der Waals surface area contributed by atoms with Crippen LogP contribution >= 0.6 is 0 Å². The Hall–Kier alpha value is -2.91. The van der Waals surface area contributed by atoms with Crippen LogP contribution in [0.4, 0.5) is 5.69 Å². The van der Waals surface area contributed by atoms with Gasteiger partial charge in [0.05, 0.1) is 6.20 Å². The van der Waals surface area contributed by atoms with Gasteiger partial charge in [-0.25, -0.2) is 4.98 Å². The summed E-state index contributed by atoms with van der Waals surface area (Å²) in [7, 11) is 0. The number of aromatic nitrogens is 2. The van der Waals surface area contributed by atoms with Crippen LogP contribution in [0, 0.1) is 18.8 Å². The second kappa shape index (κ2) is 6.50. The number of nitrogens with one attached hydrogen (secondary N) is 2. The minimum Gasteiger partial charge on any atom is -0.384 e. The molecule has 0 aliphatic rings. The van der Waals surface area contributed by atoms with Crippen molar-refractivity contribution in [3.8, 4) is 11.8 Å². The summed E-state index contributed by atoms with van der Waals surface area (Å²) in [4.78, 5) is 29.1. The lowest BCUT2D eigenvalue weighted by atomic mass is 10.1. The predicted octanol–water partition coefficient (Wildman–Crippen LogP) is 0.674. The van der Waals surface area contributed by atoms with Gasteiger partial charge in [-0.05, 0) is 24.6 Å². The lowest BCUT2D eigenvalue weighted by Crippen LogP contribution is -2.17. The van der Waals surface area contributed by atoms with E-state index >= 15 is 0 Å². The first-order valence-corrected chi connectivity index (χ1v) is 6.16. The van der Waals surface area contributed by atoms with Crippen molar-refractivity contribution in [1.82, 2.24) is 9.97 Å². The molecule has 1 amide bonds. The number of anilines is 1. The van der Waals surface area contributed by atoms with Crippen LogP contribution in [0.1, 0.15) is 21.6 Å². The van der Waals surface area contributed by atoms with Gasteiger partial charge in [0.15, 0.2) is 0 Å². The highest BCUT2D eigenvalue weighted by Gasteiger charge is 2.09. The summed E-state index contributed by atoms with van der Waals surface area (Å²) in [6.07, 6.45) is 2.30. The van der Waals surface area contributed by atoms with Crippen molar-refractivity contribution >= 4 is 11.6 Å². The topological polar surface area (TPSA) is 95.1 Å². The number of hydrogen-bond donors (Lipinski definition) is 3. The highest BCUT2D eigenvalue weighted by molar-refractivity contribution is 6.03.